The summed E-state index contributed by atoms with van der Waals surface area (Å²) in [6.07, 6.45) is 3.54. The van der Waals surface area contributed by atoms with Crippen LogP contribution < -0.4 is 9.80 Å². The number of aromatic nitrogens is 1. The SMILES string of the molecule is CN1C(=C(C#N)C(=O)COC(=O)c2c3c(nc4ccccc24)/C(=C\c2cccs2)CC3)N(C)c2ccccc21. The highest BCUT2D eigenvalue weighted by atomic mass is 32.1. The highest BCUT2D eigenvalue weighted by Gasteiger charge is 2.32. The summed E-state index contributed by atoms with van der Waals surface area (Å²) >= 11 is 1.65. The molecule has 2 aromatic heterocycles. The lowest BCUT2D eigenvalue weighted by molar-refractivity contribution is -0.118. The van der Waals surface area contributed by atoms with E-state index < -0.39 is 18.4 Å². The number of Topliss-reactive ketones (excluding diaryl/α,β-unsaturated/α-hetero) is 1. The maximum atomic E-state index is 13.5. The van der Waals surface area contributed by atoms with Crippen molar-refractivity contribution in [2.45, 2.75) is 12.8 Å². The van der Waals surface area contributed by atoms with Crippen molar-refractivity contribution in [2.24, 2.45) is 0 Å². The van der Waals surface area contributed by atoms with Gasteiger partial charge in [-0.05, 0) is 59.7 Å². The number of anilines is 2. The first kappa shape index (κ1) is 24.6. The molecular formula is C31H24N4O3S. The minimum atomic E-state index is -0.589. The second-order valence-electron chi connectivity index (χ2n) is 9.43. The predicted octanol–water partition coefficient (Wildman–Crippen LogP) is 5.83. The van der Waals surface area contributed by atoms with E-state index in [0.717, 1.165) is 39.5 Å². The van der Waals surface area contributed by atoms with Crippen LogP contribution >= 0.6 is 11.3 Å². The minimum absolute atomic E-state index is 0.0602. The molecule has 0 atom stereocenters. The third-order valence-electron chi connectivity index (χ3n) is 7.19. The van der Waals surface area contributed by atoms with Gasteiger partial charge in [-0.1, -0.05) is 36.4 Å². The molecule has 39 heavy (non-hydrogen) atoms. The molecule has 1 aliphatic carbocycles. The molecule has 1 aliphatic heterocycles. The molecule has 6 rings (SSSR count). The summed E-state index contributed by atoms with van der Waals surface area (Å²) < 4.78 is 5.60. The fraction of sp³-hybridized carbons (Fsp3) is 0.161. The summed E-state index contributed by atoms with van der Waals surface area (Å²) in [5.41, 5.74) is 5.55. The number of benzene rings is 2. The van der Waals surface area contributed by atoms with Gasteiger partial charge in [0.15, 0.2) is 6.61 Å². The molecule has 0 spiro atoms. The second-order valence-corrected chi connectivity index (χ2v) is 10.4. The Bertz CT molecular complexity index is 1720. The molecule has 0 fully saturated rings. The number of carbonyl (C=O) groups is 2. The molecule has 0 saturated carbocycles. The third-order valence-corrected chi connectivity index (χ3v) is 8.01. The van der Waals surface area contributed by atoms with Crippen LogP contribution in [0.3, 0.4) is 0 Å². The van der Waals surface area contributed by atoms with Gasteiger partial charge in [-0.15, -0.1) is 11.3 Å². The van der Waals surface area contributed by atoms with E-state index in [9.17, 15) is 14.9 Å². The van der Waals surface area contributed by atoms with E-state index in [2.05, 4.69) is 12.1 Å². The van der Waals surface area contributed by atoms with E-state index >= 15 is 0 Å². The Balaban J connectivity index is 1.31. The normalized spacial score (nSPS) is 14.9. The number of ketones is 1. The number of hydrogen-bond acceptors (Lipinski definition) is 8. The first-order valence-electron chi connectivity index (χ1n) is 12.5. The van der Waals surface area contributed by atoms with Gasteiger partial charge in [0.1, 0.15) is 17.5 Å². The van der Waals surface area contributed by atoms with Crippen molar-refractivity contribution in [3.63, 3.8) is 0 Å². The van der Waals surface area contributed by atoms with E-state index in [1.54, 1.807) is 21.1 Å². The molecule has 7 nitrogen and oxygen atoms in total. The lowest BCUT2D eigenvalue weighted by Gasteiger charge is -2.20. The number of fused-ring (bicyclic) bond motifs is 3. The number of hydrogen-bond donors (Lipinski definition) is 0. The fourth-order valence-electron chi connectivity index (χ4n) is 5.39. The second kappa shape index (κ2) is 9.86. The number of para-hydroxylation sites is 3. The molecule has 0 saturated heterocycles. The molecule has 8 heteroatoms. The zero-order valence-corrected chi connectivity index (χ0v) is 22.3. The van der Waals surface area contributed by atoms with Gasteiger partial charge in [0.05, 0.1) is 28.1 Å². The highest BCUT2D eigenvalue weighted by Crippen LogP contribution is 2.41. The fourth-order valence-corrected chi connectivity index (χ4v) is 6.07. The molecule has 192 valence electrons. The Kier molecular flexibility index (Phi) is 6.21. The summed E-state index contributed by atoms with van der Waals surface area (Å²) in [5, 5.41) is 12.6. The average Bonchev–Trinajstić information content (AvgIpc) is 3.67. The van der Waals surface area contributed by atoms with Gasteiger partial charge < -0.3 is 14.5 Å². The summed E-state index contributed by atoms with van der Waals surface area (Å²) in [4.78, 5) is 36.4. The minimum Gasteiger partial charge on any atom is -0.454 e. The Morgan fingerprint density at radius 3 is 2.44 bits per heavy atom. The topological polar surface area (TPSA) is 86.5 Å². The van der Waals surface area contributed by atoms with Crippen molar-refractivity contribution in [2.75, 3.05) is 30.5 Å². The molecule has 3 heterocycles. The lowest BCUT2D eigenvalue weighted by Crippen LogP contribution is -2.28. The Hall–Kier alpha value is -4.74. The van der Waals surface area contributed by atoms with Crippen molar-refractivity contribution in [3.8, 4) is 6.07 Å². The van der Waals surface area contributed by atoms with Gasteiger partial charge in [0, 0.05) is 24.4 Å². The smallest absolute Gasteiger partial charge is 0.339 e. The monoisotopic (exact) mass is 532 g/mol. The summed E-state index contributed by atoms with van der Waals surface area (Å²) in [6, 6.07) is 21.2. The van der Waals surface area contributed by atoms with Gasteiger partial charge in [0.2, 0.25) is 5.78 Å². The number of thiophene rings is 1. The molecule has 2 aliphatic rings. The quantitative estimate of drug-likeness (QED) is 0.182. The summed E-state index contributed by atoms with van der Waals surface area (Å²) in [7, 11) is 3.62. The van der Waals surface area contributed by atoms with E-state index in [-0.39, 0.29) is 5.57 Å². The molecule has 0 unspecified atom stereocenters. The molecule has 2 aromatic carbocycles. The van der Waals surface area contributed by atoms with Gasteiger partial charge in [-0.25, -0.2) is 9.78 Å². The van der Waals surface area contributed by atoms with Crippen molar-refractivity contribution >= 4 is 57.0 Å². The van der Waals surface area contributed by atoms with Gasteiger partial charge in [0.25, 0.3) is 0 Å². The highest BCUT2D eigenvalue weighted by molar-refractivity contribution is 7.10. The van der Waals surface area contributed by atoms with Gasteiger partial charge in [-0.3, -0.25) is 4.79 Å². The van der Waals surface area contributed by atoms with Crippen LogP contribution in [0.25, 0.3) is 22.6 Å². The zero-order valence-electron chi connectivity index (χ0n) is 21.5. The van der Waals surface area contributed by atoms with Crippen LogP contribution in [0.2, 0.25) is 0 Å². The van der Waals surface area contributed by atoms with Crippen molar-refractivity contribution in [3.05, 3.63) is 99.1 Å². The van der Waals surface area contributed by atoms with Crippen LogP contribution in [0.1, 0.15) is 32.9 Å². The van der Waals surface area contributed by atoms with Gasteiger partial charge in [-0.2, -0.15) is 5.26 Å². The van der Waals surface area contributed by atoms with Crippen LogP contribution in [0.15, 0.2) is 77.4 Å². The maximum absolute atomic E-state index is 13.5. The van der Waals surface area contributed by atoms with Gasteiger partial charge >= 0.3 is 5.97 Å². The van der Waals surface area contributed by atoms with E-state index in [0.29, 0.717) is 28.7 Å². The predicted molar refractivity (Wildman–Crippen MR) is 153 cm³/mol. The lowest BCUT2D eigenvalue weighted by atomic mass is 10.0. The number of rotatable bonds is 5. The van der Waals surface area contributed by atoms with Crippen LogP contribution in [0.5, 0.6) is 0 Å². The third kappa shape index (κ3) is 4.17. The number of nitriles is 1. The Labute approximate surface area is 229 Å². The summed E-state index contributed by atoms with van der Waals surface area (Å²) in [6.45, 7) is -0.535. The molecule has 4 aromatic rings. The van der Waals surface area contributed by atoms with Crippen molar-refractivity contribution in [1.29, 1.82) is 5.26 Å². The van der Waals surface area contributed by atoms with Crippen LogP contribution in [0.4, 0.5) is 11.4 Å². The van der Waals surface area contributed by atoms with Crippen LogP contribution in [0, 0.1) is 11.3 Å². The Morgan fingerprint density at radius 1 is 1.03 bits per heavy atom. The number of ether oxygens (including phenoxy) is 1. The maximum Gasteiger partial charge on any atom is 0.339 e. The molecule has 0 radical (unpaired) electrons. The molecule has 0 amide bonds. The number of pyridine rings is 1. The van der Waals surface area contributed by atoms with E-state index in [4.69, 9.17) is 9.72 Å². The standard InChI is InChI=1S/C31H24N4O3S/c1-34-25-11-5-6-12-26(25)35(2)30(34)23(17-32)27(36)18-38-31(37)28-21-9-3-4-10-24(21)33-29-19(13-14-22(28)29)16-20-8-7-15-39-20/h3-12,15-16H,13-14,18H2,1-2H3/b19-16-. The van der Waals surface area contributed by atoms with Crippen molar-refractivity contribution < 1.29 is 14.3 Å². The molecule has 0 bridgehead atoms. The Morgan fingerprint density at radius 2 is 1.74 bits per heavy atom. The number of esters is 1. The van der Waals surface area contributed by atoms with Crippen LogP contribution in [-0.4, -0.2) is 37.4 Å². The number of allylic oxidation sites excluding steroid dienone is 1. The van der Waals surface area contributed by atoms with E-state index in [1.165, 1.54) is 0 Å². The molecular weight excluding hydrogens is 508 g/mol. The average molecular weight is 533 g/mol. The van der Waals surface area contributed by atoms with E-state index in [1.807, 2.05) is 80.1 Å². The first-order valence-corrected chi connectivity index (χ1v) is 13.4. The number of carbonyl (C=O) groups excluding carboxylic acids is 2. The van der Waals surface area contributed by atoms with Crippen molar-refractivity contribution in [1.82, 2.24) is 4.98 Å². The first-order chi connectivity index (χ1) is 19.0. The summed E-state index contributed by atoms with van der Waals surface area (Å²) in [5.74, 6) is -0.687. The zero-order chi connectivity index (χ0) is 27.1. The molecule has 0 N–H and O–H groups in total. The number of nitrogens with zero attached hydrogens (tertiary/aromatic N) is 4. The largest absolute Gasteiger partial charge is 0.454 e. The van der Waals surface area contributed by atoms with Crippen LogP contribution in [-0.2, 0) is 16.0 Å².